The van der Waals surface area contributed by atoms with Crippen molar-refractivity contribution in [2.45, 2.75) is 226 Å². The predicted octanol–water partition coefficient (Wildman–Crippen LogP) is 8.56. The van der Waals surface area contributed by atoms with Crippen molar-refractivity contribution in [3.8, 4) is 0 Å². The Labute approximate surface area is 308 Å². The van der Waals surface area contributed by atoms with E-state index in [1.807, 2.05) is 6.92 Å². The molecule has 0 bridgehead atoms. The van der Waals surface area contributed by atoms with Crippen LogP contribution in [0.5, 0.6) is 0 Å². The van der Waals surface area contributed by atoms with Gasteiger partial charge < -0.3 is 9.90 Å². The van der Waals surface area contributed by atoms with Gasteiger partial charge in [0.05, 0.1) is 5.97 Å². The van der Waals surface area contributed by atoms with Crippen LogP contribution in [-0.4, -0.2) is 30.0 Å². The number of rotatable bonds is 35. The molecule has 0 heterocycles. The zero-order valence-corrected chi connectivity index (χ0v) is 32.8. The molecular weight excluding hydrogens is 542 g/mol. The van der Waals surface area contributed by atoms with Crippen LogP contribution in [-0.2, 0) is 4.79 Å². The second kappa shape index (κ2) is 38.2. The van der Waals surface area contributed by atoms with Gasteiger partial charge in [0.15, 0.2) is 0 Å². The Morgan fingerprint density at radius 2 is 0.643 bits per heavy atom. The standard InChI is InChI=1S/C38H77NO2.K/c1-4-7-9-11-13-15-17-19-21-23-25-27-29-31-33-35-39(37(6-3)38(40)41)36-34-32-30-28-26-24-22-20-18-16-14-12-10-8-5-2;/h37H,4-36H2,1-3H3,(H,40,41);/q;+1/p-1. The molecule has 0 amide bonds. The molecule has 0 spiro atoms. The SMILES string of the molecule is CCCCCCCCCCCCCCCCCN(CCCCCCCCCCCCCCCCC)C(CC)C(=O)[O-].[K+]. The number of unbranched alkanes of at least 4 members (excludes halogenated alkanes) is 28. The van der Waals surface area contributed by atoms with Crippen molar-refractivity contribution in [3.05, 3.63) is 0 Å². The number of nitrogens with zero attached hydrogens (tertiary/aromatic N) is 1. The molecule has 0 rings (SSSR count). The van der Waals surface area contributed by atoms with E-state index in [0.29, 0.717) is 6.42 Å². The van der Waals surface area contributed by atoms with E-state index < -0.39 is 12.0 Å². The molecule has 0 aromatic heterocycles. The first kappa shape index (κ1) is 45.2. The van der Waals surface area contributed by atoms with E-state index in [2.05, 4.69) is 18.7 Å². The van der Waals surface area contributed by atoms with Crippen molar-refractivity contribution >= 4 is 5.97 Å². The molecule has 0 saturated carbocycles. The van der Waals surface area contributed by atoms with E-state index in [9.17, 15) is 9.90 Å². The summed E-state index contributed by atoms with van der Waals surface area (Å²) in [7, 11) is 0. The molecule has 0 aliphatic carbocycles. The maximum absolute atomic E-state index is 11.7. The summed E-state index contributed by atoms with van der Waals surface area (Å²) in [6.45, 7) is 8.41. The molecule has 1 unspecified atom stereocenters. The average molecular weight is 618 g/mol. The summed E-state index contributed by atoms with van der Waals surface area (Å²) in [5.74, 6) is -0.880. The number of carbonyl (C=O) groups is 1. The first-order chi connectivity index (χ1) is 20.2. The molecule has 0 radical (unpaired) electrons. The quantitative estimate of drug-likeness (QED) is 0.0529. The summed E-state index contributed by atoms with van der Waals surface area (Å²) < 4.78 is 0. The third-order valence-electron chi connectivity index (χ3n) is 9.20. The molecule has 0 aromatic rings. The van der Waals surface area contributed by atoms with Crippen LogP contribution in [0.4, 0.5) is 0 Å². The maximum atomic E-state index is 11.7. The van der Waals surface area contributed by atoms with Gasteiger partial charge in [0.2, 0.25) is 0 Å². The topological polar surface area (TPSA) is 43.4 Å². The van der Waals surface area contributed by atoms with Gasteiger partial charge in [-0.25, -0.2) is 0 Å². The predicted molar refractivity (Wildman–Crippen MR) is 181 cm³/mol. The van der Waals surface area contributed by atoms with Crippen LogP contribution in [0.2, 0.25) is 0 Å². The van der Waals surface area contributed by atoms with Crippen molar-refractivity contribution in [2.75, 3.05) is 13.1 Å². The number of carboxylic acids is 1. The Hall–Kier alpha value is 1.07. The monoisotopic (exact) mass is 618 g/mol. The van der Waals surface area contributed by atoms with Crippen LogP contribution in [0, 0.1) is 0 Å². The first-order valence-electron chi connectivity index (χ1n) is 19.1. The fourth-order valence-electron chi connectivity index (χ4n) is 6.37. The molecule has 0 N–H and O–H groups in total. The third kappa shape index (κ3) is 32.5. The number of carbonyl (C=O) groups excluding carboxylic acids is 1. The largest absolute Gasteiger partial charge is 1.00 e. The molecule has 246 valence electrons. The molecule has 0 aliphatic rings. The number of aliphatic carboxylic acids is 1. The minimum atomic E-state index is -0.880. The first-order valence-corrected chi connectivity index (χ1v) is 19.1. The molecule has 0 saturated heterocycles. The zero-order chi connectivity index (χ0) is 30.1. The van der Waals surface area contributed by atoms with Gasteiger partial charge in [-0.1, -0.05) is 201 Å². The van der Waals surface area contributed by atoms with Crippen molar-refractivity contribution in [1.29, 1.82) is 0 Å². The maximum Gasteiger partial charge on any atom is 1.00 e. The van der Waals surface area contributed by atoms with Crippen LogP contribution >= 0.6 is 0 Å². The van der Waals surface area contributed by atoms with Crippen LogP contribution in [0.1, 0.15) is 220 Å². The average Bonchev–Trinajstić information content (AvgIpc) is 2.96. The summed E-state index contributed by atoms with van der Waals surface area (Å²) in [4.78, 5) is 14.0. The van der Waals surface area contributed by atoms with Gasteiger partial charge in [-0.2, -0.15) is 0 Å². The van der Waals surface area contributed by atoms with Crippen LogP contribution in [0.15, 0.2) is 0 Å². The van der Waals surface area contributed by atoms with E-state index >= 15 is 0 Å². The van der Waals surface area contributed by atoms with Gasteiger partial charge in [0, 0.05) is 6.04 Å². The zero-order valence-electron chi connectivity index (χ0n) is 29.7. The number of hydrogen-bond acceptors (Lipinski definition) is 3. The van der Waals surface area contributed by atoms with Crippen LogP contribution in [0.25, 0.3) is 0 Å². The molecule has 0 aliphatic heterocycles. The molecule has 3 nitrogen and oxygen atoms in total. The molecule has 1 atom stereocenters. The van der Waals surface area contributed by atoms with Gasteiger partial charge in [-0.05, 0) is 32.4 Å². The second-order valence-electron chi connectivity index (χ2n) is 13.2. The van der Waals surface area contributed by atoms with E-state index in [-0.39, 0.29) is 51.4 Å². The van der Waals surface area contributed by atoms with E-state index in [1.165, 1.54) is 180 Å². The Bertz CT molecular complexity index is 481. The third-order valence-corrected chi connectivity index (χ3v) is 9.20. The Morgan fingerprint density at radius 1 is 0.429 bits per heavy atom. The van der Waals surface area contributed by atoms with E-state index in [0.717, 1.165) is 25.9 Å². The van der Waals surface area contributed by atoms with Crippen molar-refractivity contribution < 1.29 is 61.3 Å². The van der Waals surface area contributed by atoms with E-state index in [4.69, 9.17) is 0 Å². The minimum Gasteiger partial charge on any atom is -0.548 e. The number of hydrogen-bond donors (Lipinski definition) is 0. The fourth-order valence-corrected chi connectivity index (χ4v) is 6.37. The van der Waals surface area contributed by atoms with Gasteiger partial charge in [-0.15, -0.1) is 0 Å². The summed E-state index contributed by atoms with van der Waals surface area (Å²) >= 11 is 0. The Kier molecular flexibility index (Phi) is 41.2. The molecular formula is C38H76KNO2. The second-order valence-corrected chi connectivity index (χ2v) is 13.2. The molecule has 0 fully saturated rings. The summed E-state index contributed by atoms with van der Waals surface area (Å²) in [5, 5.41) is 11.7. The minimum absolute atomic E-state index is 0. The van der Waals surface area contributed by atoms with Crippen LogP contribution < -0.4 is 56.5 Å². The van der Waals surface area contributed by atoms with Crippen molar-refractivity contribution in [1.82, 2.24) is 4.90 Å². The van der Waals surface area contributed by atoms with Gasteiger partial charge in [0.25, 0.3) is 0 Å². The number of carboxylic acid groups (broad SMARTS) is 1. The van der Waals surface area contributed by atoms with Crippen LogP contribution in [0.3, 0.4) is 0 Å². The van der Waals surface area contributed by atoms with Gasteiger partial charge in [0.1, 0.15) is 0 Å². The normalized spacial score (nSPS) is 12.1. The smallest absolute Gasteiger partial charge is 0.548 e. The Morgan fingerprint density at radius 3 is 0.833 bits per heavy atom. The fraction of sp³-hybridized carbons (Fsp3) is 0.974. The molecule has 0 aromatic carbocycles. The van der Waals surface area contributed by atoms with E-state index in [1.54, 1.807) is 0 Å². The van der Waals surface area contributed by atoms with Crippen molar-refractivity contribution in [2.24, 2.45) is 0 Å². The Balaban J connectivity index is 0. The van der Waals surface area contributed by atoms with Gasteiger partial charge in [-0.3, -0.25) is 4.90 Å². The summed E-state index contributed by atoms with van der Waals surface area (Å²) in [5.41, 5.74) is 0. The van der Waals surface area contributed by atoms with Crippen molar-refractivity contribution in [3.63, 3.8) is 0 Å². The van der Waals surface area contributed by atoms with Gasteiger partial charge >= 0.3 is 51.4 Å². The molecule has 42 heavy (non-hydrogen) atoms. The summed E-state index contributed by atoms with van der Waals surface area (Å²) in [6.07, 6.45) is 41.7. The summed E-state index contributed by atoms with van der Waals surface area (Å²) in [6, 6.07) is -0.409. The molecule has 4 heteroatoms.